The molecule has 0 aromatic carbocycles. The van der Waals surface area contributed by atoms with Crippen molar-refractivity contribution < 1.29 is 0 Å². The summed E-state index contributed by atoms with van der Waals surface area (Å²) in [5.41, 5.74) is 1.37. The molecule has 1 atom stereocenters. The number of hydrogen-bond acceptors (Lipinski definition) is 2. The van der Waals surface area contributed by atoms with Crippen molar-refractivity contribution in [2.45, 2.75) is 32.1 Å². The summed E-state index contributed by atoms with van der Waals surface area (Å²) < 4.78 is 0. The van der Waals surface area contributed by atoms with E-state index in [-0.39, 0.29) is 0 Å². The molecular weight excluding hydrogens is 160 g/mol. The highest BCUT2D eigenvalue weighted by Crippen LogP contribution is 2.24. The van der Waals surface area contributed by atoms with Gasteiger partial charge in [-0.05, 0) is 25.7 Å². The molecule has 0 aromatic heterocycles. The Morgan fingerprint density at radius 1 is 1.54 bits per heavy atom. The van der Waals surface area contributed by atoms with Crippen molar-refractivity contribution in [3.05, 3.63) is 12.7 Å². The number of rotatable bonds is 3. The summed E-state index contributed by atoms with van der Waals surface area (Å²) in [4.78, 5) is 0. The van der Waals surface area contributed by atoms with Gasteiger partial charge in [-0.1, -0.05) is 12.5 Å². The predicted molar refractivity (Wildman–Crippen MR) is 57.9 cm³/mol. The molecule has 0 radical (unpaired) electrons. The summed E-state index contributed by atoms with van der Waals surface area (Å²) in [7, 11) is 3.99. The molecule has 1 unspecified atom stereocenters. The highest BCUT2D eigenvalue weighted by atomic mass is 15.4. The Kier molecular flexibility index (Phi) is 4.00. The van der Waals surface area contributed by atoms with Crippen LogP contribution in [-0.4, -0.2) is 24.8 Å². The third kappa shape index (κ3) is 3.21. The van der Waals surface area contributed by atoms with Crippen molar-refractivity contribution >= 4 is 5.71 Å². The molecule has 74 valence electrons. The molecule has 0 bridgehead atoms. The van der Waals surface area contributed by atoms with Crippen LogP contribution in [0.25, 0.3) is 0 Å². The molecule has 1 fully saturated rings. The molecule has 0 aliphatic heterocycles. The fourth-order valence-electron chi connectivity index (χ4n) is 1.91. The van der Waals surface area contributed by atoms with Crippen LogP contribution >= 0.6 is 0 Å². The standard InChI is InChI=1S/C11H20N2/c1-4-7-10-8-5-6-9-11(10)12-13(2)3/h4,10H,1,5-9H2,2-3H3/b12-11+. The Labute approximate surface area is 81.3 Å². The van der Waals surface area contributed by atoms with Crippen LogP contribution in [0.4, 0.5) is 0 Å². The van der Waals surface area contributed by atoms with Gasteiger partial charge in [0.2, 0.25) is 0 Å². The van der Waals surface area contributed by atoms with Crippen molar-refractivity contribution in [2.24, 2.45) is 11.0 Å². The first-order valence-corrected chi connectivity index (χ1v) is 5.09. The van der Waals surface area contributed by atoms with Crippen LogP contribution in [0, 0.1) is 5.92 Å². The maximum atomic E-state index is 4.54. The average Bonchev–Trinajstić information content (AvgIpc) is 2.08. The molecule has 0 heterocycles. The smallest absolute Gasteiger partial charge is 0.0414 e. The molecule has 1 aliphatic carbocycles. The SMILES string of the molecule is C=CCC1CCCC/C1=N\N(C)C. The molecule has 0 amide bonds. The van der Waals surface area contributed by atoms with E-state index in [2.05, 4.69) is 11.7 Å². The fraction of sp³-hybridized carbons (Fsp3) is 0.727. The molecule has 13 heavy (non-hydrogen) atoms. The van der Waals surface area contributed by atoms with Gasteiger partial charge in [0, 0.05) is 25.7 Å². The van der Waals surface area contributed by atoms with Gasteiger partial charge >= 0.3 is 0 Å². The van der Waals surface area contributed by atoms with E-state index in [1.807, 2.05) is 25.2 Å². The van der Waals surface area contributed by atoms with E-state index in [4.69, 9.17) is 0 Å². The van der Waals surface area contributed by atoms with Gasteiger partial charge in [0.05, 0.1) is 0 Å². The van der Waals surface area contributed by atoms with E-state index < -0.39 is 0 Å². The third-order valence-corrected chi connectivity index (χ3v) is 2.49. The van der Waals surface area contributed by atoms with E-state index >= 15 is 0 Å². The quantitative estimate of drug-likeness (QED) is 0.481. The first kappa shape index (κ1) is 10.3. The molecule has 2 nitrogen and oxygen atoms in total. The Balaban J connectivity index is 2.60. The summed E-state index contributed by atoms with van der Waals surface area (Å²) >= 11 is 0. The van der Waals surface area contributed by atoms with Gasteiger partial charge in [-0.3, -0.25) is 0 Å². The van der Waals surface area contributed by atoms with Crippen LogP contribution in [0.2, 0.25) is 0 Å². The molecule has 0 N–H and O–H groups in total. The highest BCUT2D eigenvalue weighted by molar-refractivity contribution is 5.87. The maximum absolute atomic E-state index is 4.54. The predicted octanol–water partition coefficient (Wildman–Crippen LogP) is 2.67. The van der Waals surface area contributed by atoms with Gasteiger partial charge in [-0.25, -0.2) is 0 Å². The summed E-state index contributed by atoms with van der Waals surface area (Å²) in [6.07, 6.45) is 8.23. The Bertz CT molecular complexity index is 194. The van der Waals surface area contributed by atoms with Crippen LogP contribution in [0.1, 0.15) is 32.1 Å². The lowest BCUT2D eigenvalue weighted by atomic mass is 9.85. The van der Waals surface area contributed by atoms with Gasteiger partial charge in [-0.15, -0.1) is 6.58 Å². The van der Waals surface area contributed by atoms with Gasteiger partial charge in [0.25, 0.3) is 0 Å². The minimum absolute atomic E-state index is 0.661. The number of nitrogens with zero attached hydrogens (tertiary/aromatic N) is 2. The summed E-state index contributed by atoms with van der Waals surface area (Å²) in [6, 6.07) is 0. The summed E-state index contributed by atoms with van der Waals surface area (Å²) in [5.74, 6) is 0.661. The second-order valence-corrected chi connectivity index (χ2v) is 3.91. The molecule has 2 heteroatoms. The Morgan fingerprint density at radius 2 is 2.31 bits per heavy atom. The Morgan fingerprint density at radius 3 is 2.92 bits per heavy atom. The Hall–Kier alpha value is -0.790. The molecule has 0 spiro atoms. The van der Waals surface area contributed by atoms with Crippen LogP contribution in [0.5, 0.6) is 0 Å². The second-order valence-electron chi connectivity index (χ2n) is 3.91. The van der Waals surface area contributed by atoms with Crippen molar-refractivity contribution in [3.8, 4) is 0 Å². The second kappa shape index (κ2) is 5.05. The molecular formula is C11H20N2. The molecule has 1 rings (SSSR count). The van der Waals surface area contributed by atoms with Crippen LogP contribution in [0.3, 0.4) is 0 Å². The molecule has 1 aliphatic rings. The van der Waals surface area contributed by atoms with Gasteiger partial charge < -0.3 is 5.01 Å². The third-order valence-electron chi connectivity index (χ3n) is 2.49. The van der Waals surface area contributed by atoms with Crippen molar-refractivity contribution in [2.75, 3.05) is 14.1 Å². The minimum atomic E-state index is 0.661. The topological polar surface area (TPSA) is 15.6 Å². The number of hydrazone groups is 1. The van der Waals surface area contributed by atoms with Crippen molar-refractivity contribution in [1.29, 1.82) is 0 Å². The van der Waals surface area contributed by atoms with Crippen LogP contribution in [-0.2, 0) is 0 Å². The van der Waals surface area contributed by atoms with Crippen LogP contribution < -0.4 is 0 Å². The zero-order valence-electron chi connectivity index (χ0n) is 8.79. The van der Waals surface area contributed by atoms with E-state index in [9.17, 15) is 0 Å². The number of allylic oxidation sites excluding steroid dienone is 1. The summed E-state index contributed by atoms with van der Waals surface area (Å²) in [5, 5.41) is 6.45. The van der Waals surface area contributed by atoms with Gasteiger partial charge in [-0.2, -0.15) is 5.10 Å². The van der Waals surface area contributed by atoms with Crippen LogP contribution in [0.15, 0.2) is 17.8 Å². The fourth-order valence-corrected chi connectivity index (χ4v) is 1.91. The lowest BCUT2D eigenvalue weighted by molar-refractivity contribution is 0.418. The van der Waals surface area contributed by atoms with E-state index in [1.54, 1.807) is 0 Å². The van der Waals surface area contributed by atoms with E-state index in [1.165, 1.54) is 31.4 Å². The monoisotopic (exact) mass is 180 g/mol. The average molecular weight is 180 g/mol. The summed E-state index contributed by atoms with van der Waals surface area (Å²) in [6.45, 7) is 3.80. The van der Waals surface area contributed by atoms with Gasteiger partial charge in [0.15, 0.2) is 0 Å². The van der Waals surface area contributed by atoms with Crippen molar-refractivity contribution in [1.82, 2.24) is 5.01 Å². The maximum Gasteiger partial charge on any atom is 0.0414 e. The zero-order valence-corrected chi connectivity index (χ0v) is 8.79. The van der Waals surface area contributed by atoms with Crippen molar-refractivity contribution in [3.63, 3.8) is 0 Å². The lowest BCUT2D eigenvalue weighted by Crippen LogP contribution is -2.21. The highest BCUT2D eigenvalue weighted by Gasteiger charge is 2.19. The largest absolute Gasteiger partial charge is 0.303 e. The first-order chi connectivity index (χ1) is 6.24. The number of hydrogen-bond donors (Lipinski definition) is 0. The first-order valence-electron chi connectivity index (χ1n) is 5.09. The van der Waals surface area contributed by atoms with Gasteiger partial charge in [0.1, 0.15) is 0 Å². The minimum Gasteiger partial charge on any atom is -0.303 e. The zero-order chi connectivity index (χ0) is 9.68. The molecule has 1 saturated carbocycles. The normalized spacial score (nSPS) is 26.0. The molecule has 0 aromatic rings. The lowest BCUT2D eigenvalue weighted by Gasteiger charge is -2.24. The van der Waals surface area contributed by atoms with E-state index in [0.717, 1.165) is 6.42 Å². The van der Waals surface area contributed by atoms with E-state index in [0.29, 0.717) is 5.92 Å². The molecule has 0 saturated heterocycles.